The van der Waals surface area contributed by atoms with Crippen LogP contribution in [0, 0.1) is 0 Å². The Balaban J connectivity index is 2.11. The Morgan fingerprint density at radius 1 is 1.33 bits per heavy atom. The molecule has 0 aliphatic carbocycles. The van der Waals surface area contributed by atoms with Gasteiger partial charge in [0.05, 0.1) is 12.7 Å². The number of aliphatic carboxylic acids is 1. The monoisotopic (exact) mass is 294 g/mol. The fraction of sp³-hybridized carbons (Fsp3) is 0.400. The second kappa shape index (κ2) is 6.99. The van der Waals surface area contributed by atoms with Crippen LogP contribution in [0.25, 0.3) is 6.08 Å². The lowest BCUT2D eigenvalue weighted by molar-refractivity contribution is -0.131. The molecule has 0 saturated heterocycles. The lowest BCUT2D eigenvalue weighted by Gasteiger charge is -2.12. The van der Waals surface area contributed by atoms with Gasteiger partial charge in [0.15, 0.2) is 11.5 Å². The van der Waals surface area contributed by atoms with Crippen LogP contribution in [0.4, 0.5) is 0 Å². The predicted molar refractivity (Wildman–Crippen MR) is 75.8 cm³/mol. The zero-order chi connectivity index (χ0) is 15.2. The molecule has 0 fully saturated rings. The van der Waals surface area contributed by atoms with Crippen molar-refractivity contribution in [2.24, 2.45) is 0 Å². The molecule has 1 aromatic carbocycles. The summed E-state index contributed by atoms with van der Waals surface area (Å²) < 4.78 is 21.6. The van der Waals surface area contributed by atoms with Gasteiger partial charge in [-0.25, -0.2) is 4.79 Å². The summed E-state index contributed by atoms with van der Waals surface area (Å²) in [6.45, 7) is 4.86. The molecular formula is C15H18O6. The van der Waals surface area contributed by atoms with Crippen LogP contribution >= 0.6 is 0 Å². The number of rotatable bonds is 7. The molecule has 0 spiro atoms. The van der Waals surface area contributed by atoms with E-state index in [2.05, 4.69) is 0 Å². The van der Waals surface area contributed by atoms with E-state index in [1.807, 2.05) is 13.8 Å². The Hall–Kier alpha value is -2.21. The molecule has 6 nitrogen and oxygen atoms in total. The average Bonchev–Trinajstić information content (AvgIpc) is 2.87. The fourth-order valence-electron chi connectivity index (χ4n) is 1.79. The molecule has 114 valence electrons. The Kier molecular flexibility index (Phi) is 5.05. The van der Waals surface area contributed by atoms with Crippen molar-refractivity contribution in [3.63, 3.8) is 0 Å². The zero-order valence-electron chi connectivity index (χ0n) is 12.0. The first-order valence-corrected chi connectivity index (χ1v) is 6.65. The highest BCUT2D eigenvalue weighted by Crippen LogP contribution is 2.38. The van der Waals surface area contributed by atoms with E-state index in [0.29, 0.717) is 36.0 Å². The molecule has 0 aromatic heterocycles. The molecule has 1 heterocycles. The number of carbonyl (C=O) groups is 1. The quantitative estimate of drug-likeness (QED) is 0.614. The number of benzene rings is 1. The van der Waals surface area contributed by atoms with Gasteiger partial charge in [0.1, 0.15) is 12.4 Å². The number of carboxylic acids is 1. The van der Waals surface area contributed by atoms with Gasteiger partial charge in [0, 0.05) is 17.7 Å². The standard InChI is InChI=1S/C15H18O6/c1-10(2)18-5-6-19-12-8-14-13(20-9-21-14)7-11(12)3-4-15(16)17/h3-4,7-8,10H,5-6,9H2,1-2H3,(H,16,17). The number of ether oxygens (including phenoxy) is 4. The molecule has 1 aliphatic rings. The van der Waals surface area contributed by atoms with Crippen LogP contribution in [0.15, 0.2) is 18.2 Å². The van der Waals surface area contributed by atoms with Crippen molar-refractivity contribution < 1.29 is 28.8 Å². The third-order valence-electron chi connectivity index (χ3n) is 2.70. The van der Waals surface area contributed by atoms with Gasteiger partial charge in [-0.1, -0.05) is 0 Å². The van der Waals surface area contributed by atoms with Gasteiger partial charge < -0.3 is 24.1 Å². The van der Waals surface area contributed by atoms with Crippen molar-refractivity contribution in [1.29, 1.82) is 0 Å². The van der Waals surface area contributed by atoms with Crippen LogP contribution in [-0.2, 0) is 9.53 Å². The minimum Gasteiger partial charge on any atom is -0.490 e. The van der Waals surface area contributed by atoms with Crippen molar-refractivity contribution in [2.45, 2.75) is 20.0 Å². The minimum atomic E-state index is -1.03. The third-order valence-corrected chi connectivity index (χ3v) is 2.70. The molecule has 21 heavy (non-hydrogen) atoms. The Morgan fingerprint density at radius 2 is 2.05 bits per heavy atom. The van der Waals surface area contributed by atoms with E-state index >= 15 is 0 Å². The lowest BCUT2D eigenvalue weighted by atomic mass is 10.1. The highest BCUT2D eigenvalue weighted by molar-refractivity contribution is 5.86. The first-order chi connectivity index (χ1) is 10.1. The van der Waals surface area contributed by atoms with E-state index < -0.39 is 5.97 Å². The van der Waals surface area contributed by atoms with Crippen LogP contribution in [0.2, 0.25) is 0 Å². The highest BCUT2D eigenvalue weighted by atomic mass is 16.7. The van der Waals surface area contributed by atoms with Crippen molar-refractivity contribution in [1.82, 2.24) is 0 Å². The third kappa shape index (κ3) is 4.39. The van der Waals surface area contributed by atoms with Crippen molar-refractivity contribution >= 4 is 12.0 Å². The van der Waals surface area contributed by atoms with E-state index in [1.165, 1.54) is 6.08 Å². The Labute approximate surface area is 122 Å². The van der Waals surface area contributed by atoms with Gasteiger partial charge in [-0.15, -0.1) is 0 Å². The zero-order valence-corrected chi connectivity index (χ0v) is 12.0. The summed E-state index contributed by atoms with van der Waals surface area (Å²) in [4.78, 5) is 10.6. The van der Waals surface area contributed by atoms with Gasteiger partial charge in [0.2, 0.25) is 6.79 Å². The van der Waals surface area contributed by atoms with E-state index in [4.69, 9.17) is 24.1 Å². The van der Waals surface area contributed by atoms with E-state index in [1.54, 1.807) is 12.1 Å². The summed E-state index contributed by atoms with van der Waals surface area (Å²) in [5, 5.41) is 8.73. The second-order valence-electron chi connectivity index (χ2n) is 4.68. The highest BCUT2D eigenvalue weighted by Gasteiger charge is 2.17. The molecule has 0 unspecified atom stereocenters. The summed E-state index contributed by atoms with van der Waals surface area (Å²) in [6.07, 6.45) is 2.65. The SMILES string of the molecule is CC(C)OCCOc1cc2c(cc1C=CC(=O)O)OCO2. The van der Waals surface area contributed by atoms with Gasteiger partial charge >= 0.3 is 5.97 Å². The fourth-order valence-corrected chi connectivity index (χ4v) is 1.79. The van der Waals surface area contributed by atoms with Crippen molar-refractivity contribution in [3.05, 3.63) is 23.8 Å². The number of fused-ring (bicyclic) bond motifs is 1. The topological polar surface area (TPSA) is 74.2 Å². The summed E-state index contributed by atoms with van der Waals surface area (Å²) in [6, 6.07) is 3.39. The van der Waals surface area contributed by atoms with Gasteiger partial charge in [-0.2, -0.15) is 0 Å². The second-order valence-corrected chi connectivity index (χ2v) is 4.68. The number of hydrogen-bond donors (Lipinski definition) is 1. The van der Waals surface area contributed by atoms with Crippen LogP contribution in [0.5, 0.6) is 17.2 Å². The summed E-state index contributed by atoms with van der Waals surface area (Å²) in [5.41, 5.74) is 0.617. The molecular weight excluding hydrogens is 276 g/mol. The van der Waals surface area contributed by atoms with Crippen LogP contribution in [-0.4, -0.2) is 37.2 Å². The van der Waals surface area contributed by atoms with Gasteiger partial charge in [-0.05, 0) is 26.0 Å². The molecule has 1 N–H and O–H groups in total. The van der Waals surface area contributed by atoms with Crippen molar-refractivity contribution in [3.8, 4) is 17.2 Å². The van der Waals surface area contributed by atoms with E-state index in [0.717, 1.165) is 6.08 Å². The molecule has 1 aliphatic heterocycles. The lowest BCUT2D eigenvalue weighted by Crippen LogP contribution is -2.11. The van der Waals surface area contributed by atoms with Gasteiger partial charge in [0.25, 0.3) is 0 Å². The minimum absolute atomic E-state index is 0.136. The van der Waals surface area contributed by atoms with Crippen LogP contribution < -0.4 is 14.2 Å². The van der Waals surface area contributed by atoms with Crippen molar-refractivity contribution in [2.75, 3.05) is 20.0 Å². The average molecular weight is 294 g/mol. The molecule has 0 atom stereocenters. The molecule has 1 aromatic rings. The first-order valence-electron chi connectivity index (χ1n) is 6.65. The Morgan fingerprint density at radius 3 is 2.71 bits per heavy atom. The maximum Gasteiger partial charge on any atom is 0.328 e. The van der Waals surface area contributed by atoms with Crippen LogP contribution in [0.3, 0.4) is 0 Å². The normalized spacial score (nSPS) is 13.1. The maximum atomic E-state index is 10.6. The predicted octanol–water partition coefficient (Wildman–Crippen LogP) is 2.32. The van der Waals surface area contributed by atoms with Crippen LogP contribution in [0.1, 0.15) is 19.4 Å². The maximum absolute atomic E-state index is 10.6. The van der Waals surface area contributed by atoms with Gasteiger partial charge in [-0.3, -0.25) is 0 Å². The molecule has 0 amide bonds. The molecule has 6 heteroatoms. The summed E-state index contributed by atoms with van der Waals surface area (Å²) in [5.74, 6) is 0.666. The molecule has 2 rings (SSSR count). The smallest absolute Gasteiger partial charge is 0.328 e. The molecule has 0 bridgehead atoms. The molecule has 0 saturated carbocycles. The Bertz CT molecular complexity index is 535. The van der Waals surface area contributed by atoms with E-state index in [-0.39, 0.29) is 12.9 Å². The molecule has 0 radical (unpaired) electrons. The number of hydrogen-bond acceptors (Lipinski definition) is 5. The summed E-state index contributed by atoms with van der Waals surface area (Å²) >= 11 is 0. The largest absolute Gasteiger partial charge is 0.490 e. The first kappa shape index (κ1) is 15.2. The van der Waals surface area contributed by atoms with E-state index in [9.17, 15) is 4.79 Å². The number of carboxylic acid groups (broad SMARTS) is 1. The summed E-state index contributed by atoms with van der Waals surface area (Å²) in [7, 11) is 0.